The van der Waals surface area contributed by atoms with Crippen molar-refractivity contribution in [2.75, 3.05) is 0 Å². The molecule has 0 bridgehead atoms. The highest BCUT2D eigenvalue weighted by Crippen LogP contribution is 2.36. The molecule has 0 radical (unpaired) electrons. The fourth-order valence-corrected chi connectivity index (χ4v) is 2.92. The molecule has 1 N–H and O–H groups in total. The molecule has 4 heteroatoms. The number of allylic oxidation sites excluding steroid dienone is 1. The first-order valence-electron chi connectivity index (χ1n) is 6.73. The lowest BCUT2D eigenvalue weighted by molar-refractivity contribution is 0.236. The summed E-state index contributed by atoms with van der Waals surface area (Å²) in [5.74, 6) is 2.18. The smallest absolute Gasteiger partial charge is 0.141 e. The van der Waals surface area contributed by atoms with Gasteiger partial charge in [-0.3, -0.25) is 4.98 Å². The van der Waals surface area contributed by atoms with Crippen molar-refractivity contribution >= 4 is 23.2 Å². The van der Waals surface area contributed by atoms with Crippen LogP contribution in [0.25, 0.3) is 0 Å². The van der Waals surface area contributed by atoms with Gasteiger partial charge in [-0.15, -0.1) is 13.0 Å². The van der Waals surface area contributed by atoms with Crippen LogP contribution in [-0.4, -0.2) is 10.1 Å². The van der Waals surface area contributed by atoms with Gasteiger partial charge in [0.25, 0.3) is 0 Å². The van der Waals surface area contributed by atoms with Crippen molar-refractivity contribution in [3.05, 3.63) is 76.0 Å². The molecule has 1 heterocycles. The van der Waals surface area contributed by atoms with Crippen molar-refractivity contribution in [3.8, 4) is 12.3 Å². The summed E-state index contributed by atoms with van der Waals surface area (Å²) < 4.78 is 0. The second-order valence-corrected chi connectivity index (χ2v) is 5.63. The first-order valence-corrected chi connectivity index (χ1v) is 7.49. The third kappa shape index (κ3) is 3.51. The Kier molecular flexibility index (Phi) is 5.63. The number of rotatable bonds is 5. The molecule has 0 saturated heterocycles. The Morgan fingerprint density at radius 3 is 2.73 bits per heavy atom. The Hall–Kier alpha value is -1.79. The van der Waals surface area contributed by atoms with Crippen LogP contribution in [0.15, 0.2) is 49.2 Å². The van der Waals surface area contributed by atoms with E-state index < -0.39 is 6.10 Å². The topological polar surface area (TPSA) is 33.1 Å². The highest BCUT2D eigenvalue weighted by molar-refractivity contribution is 6.35. The molecular weight excluding hydrogens is 317 g/mol. The molecular formula is C18H15Cl2NO. The number of halogens is 2. The molecule has 0 aliphatic heterocycles. The Labute approximate surface area is 140 Å². The van der Waals surface area contributed by atoms with Crippen molar-refractivity contribution in [2.45, 2.75) is 18.4 Å². The quantitative estimate of drug-likeness (QED) is 0.632. The number of benzene rings is 1. The van der Waals surface area contributed by atoms with Gasteiger partial charge in [0.2, 0.25) is 0 Å². The summed E-state index contributed by atoms with van der Waals surface area (Å²) in [5, 5.41) is 11.1. The SMILES string of the molecule is C#CC(O)c1cccnc1C(CC=C)c1ccc(Cl)cc1Cl. The van der Waals surface area contributed by atoms with Crippen molar-refractivity contribution in [1.29, 1.82) is 0 Å². The highest BCUT2D eigenvalue weighted by Gasteiger charge is 2.22. The minimum atomic E-state index is -1.01. The predicted molar refractivity (Wildman–Crippen MR) is 91.1 cm³/mol. The zero-order chi connectivity index (χ0) is 16.1. The molecule has 2 unspecified atom stereocenters. The molecule has 2 nitrogen and oxygen atoms in total. The summed E-state index contributed by atoms with van der Waals surface area (Å²) in [6, 6.07) is 8.84. The first kappa shape index (κ1) is 16.6. The Balaban J connectivity index is 2.58. The van der Waals surface area contributed by atoms with Crippen LogP contribution in [0.5, 0.6) is 0 Å². The molecule has 2 atom stereocenters. The third-order valence-corrected chi connectivity index (χ3v) is 3.96. The monoisotopic (exact) mass is 331 g/mol. The highest BCUT2D eigenvalue weighted by atomic mass is 35.5. The first-order chi connectivity index (χ1) is 10.6. The molecule has 2 rings (SSSR count). The fraction of sp³-hybridized carbons (Fsp3) is 0.167. The molecule has 0 aliphatic rings. The maximum atomic E-state index is 10.0. The van der Waals surface area contributed by atoms with Crippen LogP contribution in [0.1, 0.15) is 35.3 Å². The summed E-state index contributed by atoms with van der Waals surface area (Å²) in [7, 11) is 0. The fourth-order valence-electron chi connectivity index (χ4n) is 2.38. The van der Waals surface area contributed by atoms with E-state index in [-0.39, 0.29) is 5.92 Å². The summed E-state index contributed by atoms with van der Waals surface area (Å²) in [6.45, 7) is 3.79. The van der Waals surface area contributed by atoms with Crippen molar-refractivity contribution in [1.82, 2.24) is 4.98 Å². The summed E-state index contributed by atoms with van der Waals surface area (Å²) >= 11 is 12.3. The maximum Gasteiger partial charge on any atom is 0.141 e. The lowest BCUT2D eigenvalue weighted by Gasteiger charge is -2.20. The number of aliphatic hydroxyl groups is 1. The van der Waals surface area contributed by atoms with Gasteiger partial charge < -0.3 is 5.11 Å². The van der Waals surface area contributed by atoms with E-state index in [2.05, 4.69) is 17.5 Å². The summed E-state index contributed by atoms with van der Waals surface area (Å²) in [5.41, 5.74) is 2.16. The molecule has 1 aromatic carbocycles. The molecule has 0 fully saturated rings. The number of nitrogens with zero attached hydrogens (tertiary/aromatic N) is 1. The average Bonchev–Trinajstić information content (AvgIpc) is 2.52. The number of hydrogen-bond donors (Lipinski definition) is 1. The van der Waals surface area contributed by atoms with Gasteiger partial charge in [0, 0.05) is 27.7 Å². The van der Waals surface area contributed by atoms with Gasteiger partial charge in [-0.1, -0.05) is 47.3 Å². The zero-order valence-electron chi connectivity index (χ0n) is 11.8. The van der Waals surface area contributed by atoms with Gasteiger partial charge in [0.05, 0.1) is 5.69 Å². The van der Waals surface area contributed by atoms with Crippen LogP contribution in [0, 0.1) is 12.3 Å². The second kappa shape index (κ2) is 7.47. The zero-order valence-corrected chi connectivity index (χ0v) is 13.3. The number of aliphatic hydroxyl groups excluding tert-OH is 1. The number of hydrogen-bond acceptors (Lipinski definition) is 2. The van der Waals surface area contributed by atoms with Crippen LogP contribution < -0.4 is 0 Å². The van der Waals surface area contributed by atoms with Crippen molar-refractivity contribution in [2.24, 2.45) is 0 Å². The van der Waals surface area contributed by atoms with Crippen molar-refractivity contribution in [3.63, 3.8) is 0 Å². The molecule has 1 aromatic heterocycles. The number of aromatic nitrogens is 1. The normalized spacial score (nSPS) is 13.2. The van der Waals surface area contributed by atoms with Crippen LogP contribution in [0.3, 0.4) is 0 Å². The molecule has 112 valence electrons. The minimum absolute atomic E-state index is 0.151. The Morgan fingerprint density at radius 1 is 1.32 bits per heavy atom. The van der Waals surface area contributed by atoms with E-state index in [1.165, 1.54) is 0 Å². The lowest BCUT2D eigenvalue weighted by atomic mass is 9.88. The van der Waals surface area contributed by atoms with E-state index in [4.69, 9.17) is 29.6 Å². The molecule has 0 amide bonds. The van der Waals surface area contributed by atoms with E-state index in [9.17, 15) is 5.11 Å². The van der Waals surface area contributed by atoms with Gasteiger partial charge in [0.15, 0.2) is 0 Å². The van der Waals surface area contributed by atoms with E-state index in [0.29, 0.717) is 27.7 Å². The van der Waals surface area contributed by atoms with Gasteiger partial charge in [0.1, 0.15) is 6.10 Å². The largest absolute Gasteiger partial charge is 0.376 e. The molecule has 0 aliphatic carbocycles. The lowest BCUT2D eigenvalue weighted by Crippen LogP contribution is -2.09. The summed E-state index contributed by atoms with van der Waals surface area (Å²) in [4.78, 5) is 4.41. The van der Waals surface area contributed by atoms with E-state index >= 15 is 0 Å². The second-order valence-electron chi connectivity index (χ2n) is 4.79. The molecule has 0 spiro atoms. The van der Waals surface area contributed by atoms with Gasteiger partial charge in [-0.25, -0.2) is 0 Å². The average molecular weight is 332 g/mol. The van der Waals surface area contributed by atoms with Gasteiger partial charge >= 0.3 is 0 Å². The van der Waals surface area contributed by atoms with Crippen LogP contribution in [-0.2, 0) is 0 Å². The maximum absolute atomic E-state index is 10.0. The Bertz CT molecular complexity index is 721. The molecule has 0 saturated carbocycles. The van der Waals surface area contributed by atoms with Gasteiger partial charge in [-0.2, -0.15) is 0 Å². The number of terminal acetylenes is 1. The van der Waals surface area contributed by atoms with Crippen LogP contribution >= 0.6 is 23.2 Å². The van der Waals surface area contributed by atoms with Gasteiger partial charge in [-0.05, 0) is 30.2 Å². The Morgan fingerprint density at radius 2 is 2.09 bits per heavy atom. The van der Waals surface area contributed by atoms with E-state index in [1.807, 2.05) is 6.07 Å². The number of pyridine rings is 1. The standard InChI is InChI=1S/C18H15Cl2NO/c1-3-6-14(13-9-8-12(19)11-16(13)20)18-15(17(22)4-2)7-5-10-21-18/h2-3,5,7-11,14,17,22H,1,6H2. The van der Waals surface area contributed by atoms with Crippen LogP contribution in [0.4, 0.5) is 0 Å². The van der Waals surface area contributed by atoms with E-state index in [1.54, 1.807) is 36.5 Å². The molecule has 22 heavy (non-hydrogen) atoms. The minimum Gasteiger partial charge on any atom is -0.376 e. The predicted octanol–water partition coefficient (Wildman–Crippen LogP) is 4.76. The molecule has 2 aromatic rings. The van der Waals surface area contributed by atoms with Crippen molar-refractivity contribution < 1.29 is 5.11 Å². The van der Waals surface area contributed by atoms with E-state index in [0.717, 1.165) is 5.56 Å². The third-order valence-electron chi connectivity index (χ3n) is 3.39. The summed E-state index contributed by atoms with van der Waals surface area (Å²) in [6.07, 6.45) is 8.40. The van der Waals surface area contributed by atoms with Crippen LogP contribution in [0.2, 0.25) is 10.0 Å².